The molecule has 4 rings (SSSR count). The Morgan fingerprint density at radius 3 is 2.29 bits per heavy atom. The number of aliphatic hydroxyl groups is 3. The van der Waals surface area contributed by atoms with Crippen molar-refractivity contribution in [2.45, 2.75) is 31.9 Å². The lowest BCUT2D eigenvalue weighted by molar-refractivity contribution is -0.131. The average Bonchev–Trinajstić information content (AvgIpc) is 2.72. The normalized spacial score (nSPS) is 28.4. The fraction of sp³-hybridized carbons (Fsp3) is 0.480. The molecule has 1 saturated carbocycles. The van der Waals surface area contributed by atoms with Gasteiger partial charge in [-0.1, -0.05) is 0 Å². The van der Waals surface area contributed by atoms with Gasteiger partial charge in [0, 0.05) is 36.5 Å². The summed E-state index contributed by atoms with van der Waals surface area (Å²) in [5.41, 5.74) is 7.75. The van der Waals surface area contributed by atoms with Crippen molar-refractivity contribution < 1.29 is 29.7 Å². The van der Waals surface area contributed by atoms with Crippen molar-refractivity contribution in [3.05, 3.63) is 45.7 Å². The summed E-state index contributed by atoms with van der Waals surface area (Å²) < 4.78 is 0. The minimum atomic E-state index is -1.57. The number of hydrogen-bond acceptors (Lipinski definition) is 8. The first-order valence-corrected chi connectivity index (χ1v) is 11.3. The summed E-state index contributed by atoms with van der Waals surface area (Å²) in [7, 11) is 7.16. The number of aliphatic hydroxyl groups excluding tert-OH is 3. The Hall–Kier alpha value is -3.17. The van der Waals surface area contributed by atoms with Gasteiger partial charge in [-0.15, -0.1) is 0 Å². The SMILES string of the molecule is CC(=O)c1cc2c(c(N(C)C)c1)CC1CC3C(C(=O)C1=C2O)C(O)C(C(N)=O)=C(O)C3N(C)C. The second-order valence-electron chi connectivity index (χ2n) is 9.94. The number of benzene rings is 1. The highest BCUT2D eigenvalue weighted by Gasteiger charge is 2.55. The molecule has 0 aromatic heterocycles. The van der Waals surface area contributed by atoms with Crippen LogP contribution in [0.5, 0.6) is 0 Å². The van der Waals surface area contributed by atoms with Gasteiger partial charge >= 0.3 is 0 Å². The number of carbonyl (C=O) groups excluding carboxylic acids is 3. The van der Waals surface area contributed by atoms with Crippen LogP contribution in [0, 0.1) is 17.8 Å². The van der Waals surface area contributed by atoms with Gasteiger partial charge in [0.1, 0.15) is 11.5 Å². The molecule has 182 valence electrons. The maximum Gasteiger partial charge on any atom is 0.250 e. The van der Waals surface area contributed by atoms with Crippen LogP contribution in [-0.4, -0.2) is 78.0 Å². The van der Waals surface area contributed by atoms with E-state index >= 15 is 0 Å². The first-order valence-electron chi connectivity index (χ1n) is 11.3. The van der Waals surface area contributed by atoms with E-state index in [1.54, 1.807) is 31.1 Å². The molecule has 1 amide bonds. The van der Waals surface area contributed by atoms with Crippen LogP contribution in [0.4, 0.5) is 5.69 Å². The standard InChI is InChI=1S/C25H31N3O6/c1-10(29)11-6-14-13(16(9-11)27(2)3)7-12-8-15-18(22(31)17(12)21(14)30)23(32)19(25(26)34)24(33)20(15)28(4)5/h6,9,12,15,18,20,23,30,32-33H,7-8H2,1-5H3,(H2,26,34). The zero-order chi connectivity index (χ0) is 25.2. The van der Waals surface area contributed by atoms with E-state index in [-0.39, 0.29) is 34.4 Å². The molecular weight excluding hydrogens is 438 g/mol. The van der Waals surface area contributed by atoms with Crippen LogP contribution in [0.15, 0.2) is 29.0 Å². The van der Waals surface area contributed by atoms with Crippen LogP contribution in [0.3, 0.4) is 0 Å². The summed E-state index contributed by atoms with van der Waals surface area (Å²) >= 11 is 0. The molecular formula is C25H31N3O6. The summed E-state index contributed by atoms with van der Waals surface area (Å²) in [6.45, 7) is 1.44. The third kappa shape index (κ3) is 3.42. The second kappa shape index (κ2) is 8.25. The van der Waals surface area contributed by atoms with Crippen molar-refractivity contribution >= 4 is 28.9 Å². The van der Waals surface area contributed by atoms with E-state index in [9.17, 15) is 29.7 Å². The molecule has 1 aromatic rings. The monoisotopic (exact) mass is 469 g/mol. The molecule has 5 unspecified atom stereocenters. The van der Waals surface area contributed by atoms with E-state index in [0.29, 0.717) is 24.0 Å². The Bertz CT molecular complexity index is 1170. The number of primary amides is 1. The van der Waals surface area contributed by atoms with Crippen LogP contribution in [0.1, 0.15) is 34.8 Å². The van der Waals surface area contributed by atoms with Crippen LogP contribution >= 0.6 is 0 Å². The van der Waals surface area contributed by atoms with E-state index in [1.165, 1.54) is 6.92 Å². The summed E-state index contributed by atoms with van der Waals surface area (Å²) in [4.78, 5) is 41.5. The molecule has 0 radical (unpaired) electrons. The number of anilines is 1. The van der Waals surface area contributed by atoms with Gasteiger partial charge in [-0.25, -0.2) is 0 Å². The van der Waals surface area contributed by atoms with E-state index in [4.69, 9.17) is 5.73 Å². The Labute approximate surface area is 198 Å². The highest BCUT2D eigenvalue weighted by molar-refractivity contribution is 6.08. The minimum Gasteiger partial charge on any atom is -0.510 e. The van der Waals surface area contributed by atoms with Gasteiger partial charge in [-0.05, 0) is 63.4 Å². The molecule has 0 bridgehead atoms. The number of nitrogens with two attached hydrogens (primary N) is 1. The average molecular weight is 470 g/mol. The largest absolute Gasteiger partial charge is 0.510 e. The Morgan fingerprint density at radius 1 is 1.12 bits per heavy atom. The Morgan fingerprint density at radius 2 is 1.76 bits per heavy atom. The predicted molar refractivity (Wildman–Crippen MR) is 126 cm³/mol. The van der Waals surface area contributed by atoms with Crippen molar-refractivity contribution in [1.29, 1.82) is 0 Å². The topological polar surface area (TPSA) is 144 Å². The summed E-state index contributed by atoms with van der Waals surface area (Å²) in [6.07, 6.45) is -0.708. The summed E-state index contributed by atoms with van der Waals surface area (Å²) in [5.74, 6) is -3.99. The van der Waals surface area contributed by atoms with E-state index in [0.717, 1.165) is 11.3 Å². The molecule has 0 aliphatic heterocycles. The quantitative estimate of drug-likeness (QED) is 0.482. The molecule has 1 aromatic carbocycles. The second-order valence-corrected chi connectivity index (χ2v) is 9.94. The van der Waals surface area contributed by atoms with Crippen LogP contribution in [0.2, 0.25) is 0 Å². The van der Waals surface area contributed by atoms with Crippen molar-refractivity contribution in [3.63, 3.8) is 0 Å². The van der Waals surface area contributed by atoms with Gasteiger partial charge in [-0.3, -0.25) is 19.3 Å². The first-order chi connectivity index (χ1) is 15.9. The Balaban J connectivity index is 1.91. The number of carbonyl (C=O) groups is 3. The van der Waals surface area contributed by atoms with Gasteiger partial charge in [0.05, 0.1) is 23.6 Å². The number of fused-ring (bicyclic) bond motifs is 3. The molecule has 3 aliphatic carbocycles. The number of hydrogen-bond donors (Lipinski definition) is 4. The number of likely N-dealkylation sites (N-methyl/N-ethyl adjacent to an activating group) is 1. The highest BCUT2D eigenvalue weighted by Crippen LogP contribution is 2.51. The number of Topliss-reactive ketones (excluding diaryl/α,β-unsaturated/α-hetero) is 2. The zero-order valence-corrected chi connectivity index (χ0v) is 20.0. The molecule has 0 spiro atoms. The van der Waals surface area contributed by atoms with Crippen molar-refractivity contribution in [2.75, 3.05) is 33.1 Å². The maximum atomic E-state index is 13.8. The third-order valence-corrected chi connectivity index (χ3v) is 7.49. The lowest BCUT2D eigenvalue weighted by atomic mass is 9.59. The van der Waals surface area contributed by atoms with Crippen LogP contribution in [-0.2, 0) is 16.0 Å². The lowest BCUT2D eigenvalue weighted by Crippen LogP contribution is -2.57. The van der Waals surface area contributed by atoms with Gasteiger partial charge in [0.25, 0.3) is 5.91 Å². The molecule has 34 heavy (non-hydrogen) atoms. The molecule has 9 nitrogen and oxygen atoms in total. The number of allylic oxidation sites excluding steroid dienone is 1. The van der Waals surface area contributed by atoms with Crippen molar-refractivity contribution in [2.24, 2.45) is 23.5 Å². The molecule has 5 atom stereocenters. The predicted octanol–water partition coefficient (Wildman–Crippen LogP) is 1.20. The van der Waals surface area contributed by atoms with Gasteiger partial charge < -0.3 is 26.0 Å². The molecule has 0 heterocycles. The highest BCUT2D eigenvalue weighted by atomic mass is 16.3. The first kappa shape index (κ1) is 24.0. The number of nitrogens with zero attached hydrogens (tertiary/aromatic N) is 2. The van der Waals surface area contributed by atoms with Gasteiger partial charge in [-0.2, -0.15) is 0 Å². The van der Waals surface area contributed by atoms with Crippen molar-refractivity contribution in [3.8, 4) is 0 Å². The number of rotatable bonds is 4. The zero-order valence-electron chi connectivity index (χ0n) is 20.0. The molecule has 5 N–H and O–H groups in total. The minimum absolute atomic E-state index is 0.163. The van der Waals surface area contributed by atoms with E-state index in [1.807, 2.05) is 19.0 Å². The summed E-state index contributed by atoms with van der Waals surface area (Å²) in [5, 5.41) is 33.1. The van der Waals surface area contributed by atoms with Gasteiger partial charge in [0.2, 0.25) is 0 Å². The molecule has 9 heteroatoms. The third-order valence-electron chi connectivity index (χ3n) is 7.49. The van der Waals surface area contributed by atoms with Crippen LogP contribution in [0.25, 0.3) is 5.76 Å². The molecule has 1 fully saturated rings. The van der Waals surface area contributed by atoms with Gasteiger partial charge in [0.15, 0.2) is 11.6 Å². The lowest BCUT2D eigenvalue weighted by Gasteiger charge is -2.48. The Kier molecular flexibility index (Phi) is 5.81. The van der Waals surface area contributed by atoms with E-state index in [2.05, 4.69) is 0 Å². The summed E-state index contributed by atoms with van der Waals surface area (Å²) in [6, 6.07) is 2.70. The molecule has 0 saturated heterocycles. The maximum absolute atomic E-state index is 13.8. The fourth-order valence-electron chi connectivity index (χ4n) is 6.04. The number of ketones is 2. The number of amides is 1. The molecule has 3 aliphatic rings. The smallest absolute Gasteiger partial charge is 0.250 e. The van der Waals surface area contributed by atoms with Crippen molar-refractivity contribution in [1.82, 2.24) is 4.90 Å². The van der Waals surface area contributed by atoms with E-state index < -0.39 is 35.7 Å². The fourth-order valence-corrected chi connectivity index (χ4v) is 6.04. The van der Waals surface area contributed by atoms with Crippen LogP contribution < -0.4 is 10.6 Å².